The molecule has 2 heterocycles. The van der Waals surface area contributed by atoms with Crippen LogP contribution in [0.15, 0.2) is 53.1 Å². The Balaban J connectivity index is 1.49. The lowest BCUT2D eigenvalue weighted by molar-refractivity contribution is 0.0932. The van der Waals surface area contributed by atoms with Gasteiger partial charge in [0.25, 0.3) is 5.91 Å². The van der Waals surface area contributed by atoms with Crippen molar-refractivity contribution in [3.05, 3.63) is 76.5 Å². The molecule has 0 saturated carbocycles. The quantitative estimate of drug-likeness (QED) is 0.465. The Morgan fingerprint density at radius 3 is 2.84 bits per heavy atom. The predicted molar refractivity (Wildman–Crippen MR) is 118 cm³/mol. The molecule has 0 radical (unpaired) electrons. The summed E-state index contributed by atoms with van der Waals surface area (Å²) >= 11 is 6.39. The second-order valence-electron chi connectivity index (χ2n) is 7.30. The van der Waals surface area contributed by atoms with E-state index in [2.05, 4.69) is 15.2 Å². The summed E-state index contributed by atoms with van der Waals surface area (Å²) in [5, 5.41) is 3.42. The van der Waals surface area contributed by atoms with Gasteiger partial charge in [0.15, 0.2) is 17.2 Å². The van der Waals surface area contributed by atoms with Crippen LogP contribution in [0.5, 0.6) is 11.5 Å². The summed E-state index contributed by atoms with van der Waals surface area (Å²) in [4.78, 5) is 18.7. The fourth-order valence-corrected chi connectivity index (χ4v) is 3.56. The van der Waals surface area contributed by atoms with E-state index in [1.807, 2.05) is 42.5 Å². The molecule has 168 valence electrons. The first-order valence-corrected chi connectivity index (χ1v) is 10.6. The summed E-state index contributed by atoms with van der Waals surface area (Å²) in [7, 11) is 1.58. The number of benzene rings is 2. The third kappa shape index (κ3) is 5.59. The zero-order chi connectivity index (χ0) is 22.3. The van der Waals surface area contributed by atoms with Crippen LogP contribution >= 0.6 is 11.6 Å². The van der Waals surface area contributed by atoms with Crippen LogP contribution in [0.1, 0.15) is 27.5 Å². The van der Waals surface area contributed by atoms with Crippen molar-refractivity contribution in [3.63, 3.8) is 0 Å². The minimum atomic E-state index is -0.300. The molecular weight excluding hydrogens is 434 g/mol. The van der Waals surface area contributed by atoms with Gasteiger partial charge < -0.3 is 23.9 Å². The monoisotopic (exact) mass is 457 g/mol. The number of ether oxygens (including phenoxy) is 3. The number of amides is 1. The summed E-state index contributed by atoms with van der Waals surface area (Å²) in [5.74, 6) is 1.61. The Hall–Kier alpha value is -3.07. The highest BCUT2D eigenvalue weighted by Gasteiger charge is 2.18. The van der Waals surface area contributed by atoms with Crippen molar-refractivity contribution < 1.29 is 23.4 Å². The van der Waals surface area contributed by atoms with Crippen molar-refractivity contribution in [2.45, 2.75) is 19.6 Å². The van der Waals surface area contributed by atoms with E-state index >= 15 is 0 Å². The normalized spacial score (nSPS) is 12.3. The highest BCUT2D eigenvalue weighted by atomic mass is 35.5. The van der Waals surface area contributed by atoms with E-state index in [0.29, 0.717) is 43.7 Å². The largest absolute Gasteiger partial charge is 0.454 e. The summed E-state index contributed by atoms with van der Waals surface area (Å²) in [5.41, 5.74) is 2.27. The van der Waals surface area contributed by atoms with Crippen LogP contribution in [0.2, 0.25) is 5.02 Å². The van der Waals surface area contributed by atoms with Gasteiger partial charge in [-0.05, 0) is 29.3 Å². The van der Waals surface area contributed by atoms with Gasteiger partial charge in [-0.25, -0.2) is 4.98 Å². The standard InChI is InChI=1S/C23H24ClN3O5/c1-29-9-8-25-23(28)19-14-30-22(26-19)13-27(12-17-4-2-3-5-18(17)24)11-16-6-7-20-21(10-16)32-15-31-20/h2-7,10,14H,8-9,11-13,15H2,1H3,(H,25,28). The van der Waals surface area contributed by atoms with E-state index in [9.17, 15) is 4.79 Å². The van der Waals surface area contributed by atoms with Gasteiger partial charge in [-0.1, -0.05) is 35.9 Å². The number of oxazole rings is 1. The number of fused-ring (bicyclic) bond motifs is 1. The maximum atomic E-state index is 12.2. The van der Waals surface area contributed by atoms with Crippen LogP contribution in [0.3, 0.4) is 0 Å². The lowest BCUT2D eigenvalue weighted by Gasteiger charge is -2.21. The average Bonchev–Trinajstić information content (AvgIpc) is 3.44. The van der Waals surface area contributed by atoms with E-state index < -0.39 is 0 Å². The van der Waals surface area contributed by atoms with Gasteiger partial charge in [0.1, 0.15) is 6.26 Å². The Kier molecular flexibility index (Phi) is 7.26. The van der Waals surface area contributed by atoms with Crippen LogP contribution in [0.25, 0.3) is 0 Å². The molecule has 9 heteroatoms. The first-order valence-electron chi connectivity index (χ1n) is 10.2. The Bertz CT molecular complexity index is 1070. The summed E-state index contributed by atoms with van der Waals surface area (Å²) < 4.78 is 21.4. The summed E-state index contributed by atoms with van der Waals surface area (Å²) in [6, 6.07) is 13.6. The molecule has 3 aromatic rings. The molecule has 0 aliphatic carbocycles. The molecule has 1 aliphatic heterocycles. The van der Waals surface area contributed by atoms with Crippen LogP contribution in [-0.2, 0) is 24.4 Å². The molecule has 0 bridgehead atoms. The van der Waals surface area contributed by atoms with Gasteiger partial charge in [0.2, 0.25) is 12.7 Å². The molecule has 4 rings (SSSR count). The van der Waals surface area contributed by atoms with Gasteiger partial charge in [0, 0.05) is 31.8 Å². The number of hydrogen-bond acceptors (Lipinski definition) is 7. The molecule has 0 fully saturated rings. The van der Waals surface area contributed by atoms with E-state index in [-0.39, 0.29) is 18.4 Å². The van der Waals surface area contributed by atoms with Gasteiger partial charge in [-0.15, -0.1) is 0 Å². The fourth-order valence-electron chi connectivity index (χ4n) is 3.37. The molecule has 0 atom stereocenters. The number of carbonyl (C=O) groups is 1. The second kappa shape index (κ2) is 10.5. The highest BCUT2D eigenvalue weighted by Crippen LogP contribution is 2.33. The minimum absolute atomic E-state index is 0.230. The molecule has 1 aromatic heterocycles. The number of aromatic nitrogens is 1. The number of halogens is 1. The highest BCUT2D eigenvalue weighted by molar-refractivity contribution is 6.31. The first-order chi connectivity index (χ1) is 15.6. The number of rotatable bonds is 10. The lowest BCUT2D eigenvalue weighted by atomic mass is 10.1. The molecule has 0 saturated heterocycles. The van der Waals surface area contributed by atoms with E-state index in [1.165, 1.54) is 6.26 Å². The maximum Gasteiger partial charge on any atom is 0.273 e. The third-order valence-corrected chi connectivity index (χ3v) is 5.30. The van der Waals surface area contributed by atoms with Crippen molar-refractivity contribution in [2.75, 3.05) is 27.1 Å². The molecule has 1 amide bonds. The lowest BCUT2D eigenvalue weighted by Crippen LogP contribution is -2.27. The number of methoxy groups -OCH3 is 1. The predicted octanol–water partition coefficient (Wildman–Crippen LogP) is 3.64. The summed E-state index contributed by atoms with van der Waals surface area (Å²) in [6.45, 7) is 2.63. The van der Waals surface area contributed by atoms with E-state index in [0.717, 1.165) is 22.6 Å². The van der Waals surface area contributed by atoms with Crippen molar-refractivity contribution in [1.82, 2.24) is 15.2 Å². The van der Waals surface area contributed by atoms with Gasteiger partial charge >= 0.3 is 0 Å². The third-order valence-electron chi connectivity index (χ3n) is 4.93. The number of carbonyl (C=O) groups excluding carboxylic acids is 1. The number of nitrogens with one attached hydrogen (secondary N) is 1. The zero-order valence-electron chi connectivity index (χ0n) is 17.7. The maximum absolute atomic E-state index is 12.2. The minimum Gasteiger partial charge on any atom is -0.454 e. The van der Waals surface area contributed by atoms with Gasteiger partial charge in [0.05, 0.1) is 13.2 Å². The van der Waals surface area contributed by atoms with Crippen LogP contribution in [0, 0.1) is 0 Å². The molecule has 0 unspecified atom stereocenters. The molecule has 32 heavy (non-hydrogen) atoms. The molecule has 1 N–H and O–H groups in total. The van der Waals surface area contributed by atoms with Crippen molar-refractivity contribution >= 4 is 17.5 Å². The molecule has 8 nitrogen and oxygen atoms in total. The Morgan fingerprint density at radius 1 is 1.16 bits per heavy atom. The van der Waals surface area contributed by atoms with Crippen molar-refractivity contribution in [1.29, 1.82) is 0 Å². The topological polar surface area (TPSA) is 86.1 Å². The zero-order valence-corrected chi connectivity index (χ0v) is 18.4. The smallest absolute Gasteiger partial charge is 0.273 e. The summed E-state index contributed by atoms with van der Waals surface area (Å²) in [6.07, 6.45) is 1.37. The first kappa shape index (κ1) is 22.1. The Morgan fingerprint density at radius 2 is 2.00 bits per heavy atom. The Labute approximate surface area is 191 Å². The van der Waals surface area contributed by atoms with Crippen LogP contribution in [0.4, 0.5) is 0 Å². The van der Waals surface area contributed by atoms with Crippen molar-refractivity contribution in [3.8, 4) is 11.5 Å². The second-order valence-corrected chi connectivity index (χ2v) is 7.71. The van der Waals surface area contributed by atoms with E-state index in [1.54, 1.807) is 7.11 Å². The number of hydrogen-bond donors (Lipinski definition) is 1. The van der Waals surface area contributed by atoms with Gasteiger partial charge in [-0.2, -0.15) is 0 Å². The molecule has 2 aromatic carbocycles. The van der Waals surface area contributed by atoms with E-state index in [4.69, 9.17) is 30.2 Å². The van der Waals surface area contributed by atoms with Gasteiger partial charge in [-0.3, -0.25) is 9.69 Å². The van der Waals surface area contributed by atoms with Crippen molar-refractivity contribution in [2.24, 2.45) is 0 Å². The molecular formula is C23H24ClN3O5. The molecule has 0 spiro atoms. The molecule has 1 aliphatic rings. The van der Waals surface area contributed by atoms with Crippen LogP contribution in [-0.4, -0.2) is 42.8 Å². The fraction of sp³-hybridized carbons (Fsp3) is 0.304. The van der Waals surface area contributed by atoms with Crippen LogP contribution < -0.4 is 14.8 Å². The number of nitrogens with zero attached hydrogens (tertiary/aromatic N) is 2. The SMILES string of the molecule is COCCNC(=O)c1coc(CN(Cc2ccc3c(c2)OCO3)Cc2ccccc2Cl)n1. The average molecular weight is 458 g/mol.